The Morgan fingerprint density at radius 1 is 1.50 bits per heavy atom. The zero-order valence-corrected chi connectivity index (χ0v) is 9.98. The molecule has 2 nitrogen and oxygen atoms in total. The third-order valence-electron chi connectivity index (χ3n) is 3.90. The molecule has 0 aromatic carbocycles. The minimum atomic E-state index is 0.693. The molecule has 0 N–H and O–H groups in total. The number of nitrogens with zero attached hydrogens (tertiary/aromatic N) is 2. The van der Waals surface area contributed by atoms with Crippen LogP contribution in [-0.4, -0.2) is 29.0 Å². The van der Waals surface area contributed by atoms with Crippen LogP contribution in [0.15, 0.2) is 24.4 Å². The third kappa shape index (κ3) is 1.49. The van der Waals surface area contributed by atoms with E-state index in [2.05, 4.69) is 41.9 Å². The highest BCUT2D eigenvalue weighted by molar-refractivity contribution is 5.71. The molecule has 1 aliphatic carbocycles. The van der Waals surface area contributed by atoms with E-state index in [4.69, 9.17) is 0 Å². The maximum Gasteiger partial charge on any atom is 0.0378 e. The monoisotopic (exact) mass is 214 g/mol. The van der Waals surface area contributed by atoms with Crippen LogP contribution in [0, 0.1) is 12.8 Å². The first-order valence-electron chi connectivity index (χ1n) is 6.16. The molecule has 2 atom stereocenters. The summed E-state index contributed by atoms with van der Waals surface area (Å²) in [6, 6.07) is 5.05. The van der Waals surface area contributed by atoms with E-state index in [0.29, 0.717) is 6.04 Å². The smallest absolute Gasteiger partial charge is 0.0378 e. The van der Waals surface area contributed by atoms with Crippen LogP contribution in [0.1, 0.15) is 24.6 Å². The van der Waals surface area contributed by atoms with Crippen molar-refractivity contribution in [1.82, 2.24) is 9.88 Å². The number of aryl methyl sites for hydroxylation is 1. The first-order chi connectivity index (χ1) is 7.78. The number of rotatable bonds is 2. The fourth-order valence-corrected chi connectivity index (χ4v) is 3.10. The Kier molecular flexibility index (Phi) is 2.32. The van der Waals surface area contributed by atoms with Gasteiger partial charge in [-0.15, -0.1) is 0 Å². The number of fused-ring (bicyclic) bond motifs is 2. The molecule has 3 rings (SSSR count). The maximum absolute atomic E-state index is 4.27. The van der Waals surface area contributed by atoms with E-state index in [1.165, 1.54) is 25.1 Å². The summed E-state index contributed by atoms with van der Waals surface area (Å²) in [5, 5.41) is 0. The van der Waals surface area contributed by atoms with Crippen LogP contribution in [0.3, 0.4) is 0 Å². The lowest BCUT2D eigenvalue weighted by Gasteiger charge is -2.24. The van der Waals surface area contributed by atoms with Gasteiger partial charge in [-0.3, -0.25) is 9.88 Å². The highest BCUT2D eigenvalue weighted by Crippen LogP contribution is 2.41. The van der Waals surface area contributed by atoms with Crippen molar-refractivity contribution in [3.8, 4) is 0 Å². The quantitative estimate of drug-likeness (QED) is 0.752. The van der Waals surface area contributed by atoms with Crippen LogP contribution < -0.4 is 0 Å². The molecule has 84 valence electrons. The molecule has 2 heterocycles. The minimum Gasteiger partial charge on any atom is -0.297 e. The molecule has 1 aliphatic heterocycles. The van der Waals surface area contributed by atoms with Crippen LogP contribution in [0.5, 0.6) is 0 Å². The van der Waals surface area contributed by atoms with Gasteiger partial charge in [-0.05, 0) is 49.1 Å². The average Bonchev–Trinajstić information content (AvgIpc) is 2.87. The van der Waals surface area contributed by atoms with Crippen LogP contribution in [-0.2, 0) is 0 Å². The van der Waals surface area contributed by atoms with Crippen molar-refractivity contribution < 1.29 is 0 Å². The molecule has 0 saturated carbocycles. The van der Waals surface area contributed by atoms with Crippen molar-refractivity contribution in [3.05, 3.63) is 35.7 Å². The number of hydrogen-bond acceptors (Lipinski definition) is 2. The van der Waals surface area contributed by atoms with Gasteiger partial charge in [-0.2, -0.15) is 0 Å². The van der Waals surface area contributed by atoms with E-state index in [0.717, 1.165) is 11.6 Å². The molecule has 1 saturated heterocycles. The predicted octanol–water partition coefficient (Wildman–Crippen LogP) is 2.50. The third-order valence-corrected chi connectivity index (χ3v) is 3.90. The van der Waals surface area contributed by atoms with E-state index in [-0.39, 0.29) is 0 Å². The standard InChI is InChI=1S/C14H18N2/c1-3-16-9-12-7-13(16)8-14(12)11-4-5-15-10(2)6-11/h4-6,8,12-13H,3,7,9H2,1-2H3. The molecule has 0 radical (unpaired) electrons. The molecule has 1 fully saturated rings. The Morgan fingerprint density at radius 3 is 3.00 bits per heavy atom. The van der Waals surface area contributed by atoms with E-state index in [9.17, 15) is 0 Å². The first-order valence-corrected chi connectivity index (χ1v) is 6.16. The molecule has 1 aromatic rings. The van der Waals surface area contributed by atoms with Crippen LogP contribution >= 0.6 is 0 Å². The van der Waals surface area contributed by atoms with Gasteiger partial charge < -0.3 is 0 Å². The summed E-state index contributed by atoms with van der Waals surface area (Å²) < 4.78 is 0. The number of aromatic nitrogens is 1. The van der Waals surface area contributed by atoms with E-state index >= 15 is 0 Å². The summed E-state index contributed by atoms with van der Waals surface area (Å²) in [5.74, 6) is 0.756. The normalized spacial score (nSPS) is 28.5. The van der Waals surface area contributed by atoms with Crippen molar-refractivity contribution in [2.24, 2.45) is 5.92 Å². The predicted molar refractivity (Wildman–Crippen MR) is 66.1 cm³/mol. The second-order valence-corrected chi connectivity index (χ2v) is 4.90. The van der Waals surface area contributed by atoms with Gasteiger partial charge in [-0.25, -0.2) is 0 Å². The SMILES string of the molecule is CCN1CC2CC1C=C2c1ccnc(C)c1. The summed E-state index contributed by atoms with van der Waals surface area (Å²) >= 11 is 0. The van der Waals surface area contributed by atoms with Gasteiger partial charge in [0.1, 0.15) is 0 Å². The van der Waals surface area contributed by atoms with Gasteiger partial charge in [0.15, 0.2) is 0 Å². The zero-order chi connectivity index (χ0) is 11.1. The highest BCUT2D eigenvalue weighted by atomic mass is 15.2. The lowest BCUT2D eigenvalue weighted by atomic mass is 9.95. The van der Waals surface area contributed by atoms with Gasteiger partial charge in [0.05, 0.1) is 0 Å². The summed E-state index contributed by atoms with van der Waals surface area (Å²) in [6.07, 6.45) is 5.71. The van der Waals surface area contributed by atoms with Crippen LogP contribution in [0.25, 0.3) is 5.57 Å². The summed E-state index contributed by atoms with van der Waals surface area (Å²) in [4.78, 5) is 6.84. The van der Waals surface area contributed by atoms with Crippen molar-refractivity contribution in [1.29, 1.82) is 0 Å². The maximum atomic E-state index is 4.27. The topological polar surface area (TPSA) is 16.1 Å². The minimum absolute atomic E-state index is 0.693. The van der Waals surface area contributed by atoms with Crippen molar-refractivity contribution in [3.63, 3.8) is 0 Å². The van der Waals surface area contributed by atoms with E-state index in [1.807, 2.05) is 6.20 Å². The lowest BCUT2D eigenvalue weighted by Crippen LogP contribution is -2.30. The zero-order valence-electron chi connectivity index (χ0n) is 9.98. The van der Waals surface area contributed by atoms with Crippen molar-refractivity contribution in [2.45, 2.75) is 26.3 Å². The molecule has 16 heavy (non-hydrogen) atoms. The summed E-state index contributed by atoms with van der Waals surface area (Å²) in [7, 11) is 0. The van der Waals surface area contributed by atoms with Gasteiger partial charge in [0.2, 0.25) is 0 Å². The Labute approximate surface area is 97.0 Å². The van der Waals surface area contributed by atoms with Gasteiger partial charge >= 0.3 is 0 Å². The molecular formula is C14H18N2. The Bertz CT molecular complexity index is 436. The molecule has 0 spiro atoms. The Hall–Kier alpha value is -1.15. The highest BCUT2D eigenvalue weighted by Gasteiger charge is 2.37. The Balaban J connectivity index is 1.91. The van der Waals surface area contributed by atoms with Crippen LogP contribution in [0.2, 0.25) is 0 Å². The number of likely N-dealkylation sites (N-methyl/N-ethyl adjacent to an activating group) is 1. The summed E-state index contributed by atoms with van der Waals surface area (Å²) in [5.41, 5.74) is 4.06. The fraction of sp³-hybridized carbons (Fsp3) is 0.500. The van der Waals surface area contributed by atoms with E-state index in [1.54, 1.807) is 5.57 Å². The number of hydrogen-bond donors (Lipinski definition) is 0. The van der Waals surface area contributed by atoms with Gasteiger partial charge in [0.25, 0.3) is 0 Å². The van der Waals surface area contributed by atoms with Crippen molar-refractivity contribution >= 4 is 5.57 Å². The number of likely N-dealkylation sites (tertiary alicyclic amines) is 1. The van der Waals surface area contributed by atoms with Crippen molar-refractivity contribution in [2.75, 3.05) is 13.1 Å². The number of pyridine rings is 1. The molecule has 2 heteroatoms. The lowest BCUT2D eigenvalue weighted by molar-refractivity contribution is 0.297. The molecular weight excluding hydrogens is 196 g/mol. The average molecular weight is 214 g/mol. The largest absolute Gasteiger partial charge is 0.297 e. The Morgan fingerprint density at radius 2 is 2.38 bits per heavy atom. The molecule has 2 aliphatic rings. The second-order valence-electron chi connectivity index (χ2n) is 4.90. The fourth-order valence-electron chi connectivity index (χ4n) is 3.10. The van der Waals surface area contributed by atoms with Gasteiger partial charge in [-0.1, -0.05) is 13.0 Å². The van der Waals surface area contributed by atoms with Gasteiger partial charge in [0, 0.05) is 24.5 Å². The molecule has 2 unspecified atom stereocenters. The second kappa shape index (κ2) is 3.70. The summed E-state index contributed by atoms with van der Waals surface area (Å²) in [6.45, 7) is 6.75. The van der Waals surface area contributed by atoms with E-state index < -0.39 is 0 Å². The molecule has 0 amide bonds. The molecule has 1 aromatic heterocycles. The first kappa shape index (κ1) is 10.0. The van der Waals surface area contributed by atoms with Crippen LogP contribution in [0.4, 0.5) is 0 Å². The molecule has 2 bridgehead atoms.